The van der Waals surface area contributed by atoms with Gasteiger partial charge >= 0.3 is 0 Å². The van der Waals surface area contributed by atoms with Gasteiger partial charge in [0, 0.05) is 18.2 Å². The molecule has 0 aliphatic heterocycles. The largest absolute Gasteiger partial charge is 0.505 e. The Morgan fingerprint density at radius 3 is 2.69 bits per heavy atom. The van der Waals surface area contributed by atoms with Gasteiger partial charge in [-0.3, -0.25) is 0 Å². The highest BCUT2D eigenvalue weighted by Crippen LogP contribution is 2.30. The third-order valence-electron chi connectivity index (χ3n) is 1.75. The molecule has 72 valence electrons. The lowest BCUT2D eigenvalue weighted by Crippen LogP contribution is -2.21. The monoisotopic (exact) mass is 204 g/mol. The summed E-state index contributed by atoms with van der Waals surface area (Å²) in [7, 11) is 0. The number of benzene rings is 1. The Kier molecular flexibility index (Phi) is 3.08. The zero-order valence-corrected chi connectivity index (χ0v) is 7.55. The summed E-state index contributed by atoms with van der Waals surface area (Å²) in [5, 5.41) is 9.15. The molecule has 5 N–H and O–H groups in total. The van der Waals surface area contributed by atoms with E-state index in [1.54, 1.807) is 0 Å². The van der Waals surface area contributed by atoms with E-state index in [1.807, 2.05) is 0 Å². The zero-order chi connectivity index (χ0) is 10.0. The molecule has 0 heterocycles. The number of phenols is 1. The van der Waals surface area contributed by atoms with Crippen LogP contribution in [-0.4, -0.2) is 11.7 Å². The topological polar surface area (TPSA) is 72.3 Å². The van der Waals surface area contributed by atoms with Crippen LogP contribution in [0.15, 0.2) is 12.1 Å². The van der Waals surface area contributed by atoms with Gasteiger partial charge in [0.2, 0.25) is 0 Å². The summed E-state index contributed by atoms with van der Waals surface area (Å²) in [4.78, 5) is 0. The predicted octanol–water partition coefficient (Wildman–Crippen LogP) is 1.14. The van der Waals surface area contributed by atoms with Crippen LogP contribution in [0.2, 0.25) is 5.02 Å². The Labute approximate surface area is 80.1 Å². The molecule has 3 nitrogen and oxygen atoms in total. The third kappa shape index (κ3) is 1.91. The lowest BCUT2D eigenvalue weighted by atomic mass is 10.1. The van der Waals surface area contributed by atoms with Crippen LogP contribution in [0.5, 0.6) is 5.75 Å². The standard InChI is InChI=1S/C8H10ClFN2O/c9-5-2-1-4(6(12)3-11)8(13)7(5)10/h1-2,6,13H,3,11-12H2/t6-/m0/s1. The van der Waals surface area contributed by atoms with Crippen LogP contribution >= 0.6 is 11.6 Å². The molecule has 13 heavy (non-hydrogen) atoms. The van der Waals surface area contributed by atoms with E-state index in [-0.39, 0.29) is 17.1 Å². The van der Waals surface area contributed by atoms with Crippen LogP contribution in [0.25, 0.3) is 0 Å². The molecule has 0 amide bonds. The Morgan fingerprint density at radius 2 is 2.15 bits per heavy atom. The van der Waals surface area contributed by atoms with Crippen LogP contribution in [0.4, 0.5) is 4.39 Å². The molecular formula is C8H10ClFN2O. The Bertz CT molecular complexity index is 319. The van der Waals surface area contributed by atoms with Gasteiger partial charge in [-0.05, 0) is 6.07 Å². The molecule has 0 fully saturated rings. The molecule has 1 rings (SSSR count). The molecule has 1 atom stereocenters. The average Bonchev–Trinajstić information content (AvgIpc) is 2.13. The van der Waals surface area contributed by atoms with Crippen molar-refractivity contribution < 1.29 is 9.50 Å². The molecule has 0 unspecified atom stereocenters. The SMILES string of the molecule is NC[C@H](N)c1ccc(Cl)c(F)c1O. The van der Waals surface area contributed by atoms with E-state index >= 15 is 0 Å². The van der Waals surface area contributed by atoms with Crippen molar-refractivity contribution in [2.45, 2.75) is 6.04 Å². The van der Waals surface area contributed by atoms with Crippen molar-refractivity contribution in [3.8, 4) is 5.75 Å². The average molecular weight is 205 g/mol. The fourth-order valence-corrected chi connectivity index (χ4v) is 1.13. The van der Waals surface area contributed by atoms with Gasteiger partial charge in [0.25, 0.3) is 0 Å². The maximum atomic E-state index is 13.0. The Morgan fingerprint density at radius 1 is 1.54 bits per heavy atom. The first-order valence-electron chi connectivity index (χ1n) is 3.70. The quantitative estimate of drug-likeness (QED) is 0.677. The van der Waals surface area contributed by atoms with Crippen molar-refractivity contribution in [1.29, 1.82) is 0 Å². The van der Waals surface area contributed by atoms with E-state index in [0.717, 1.165) is 0 Å². The first-order chi connectivity index (χ1) is 6.07. The van der Waals surface area contributed by atoms with Crippen molar-refractivity contribution in [2.24, 2.45) is 11.5 Å². The summed E-state index contributed by atoms with van der Waals surface area (Å²) in [5.41, 5.74) is 11.1. The maximum absolute atomic E-state index is 13.0. The van der Waals surface area contributed by atoms with Crippen molar-refractivity contribution >= 4 is 11.6 Å². The van der Waals surface area contributed by atoms with Crippen molar-refractivity contribution in [2.75, 3.05) is 6.54 Å². The molecule has 0 radical (unpaired) electrons. The summed E-state index contributed by atoms with van der Waals surface area (Å²) >= 11 is 5.43. The smallest absolute Gasteiger partial charge is 0.183 e. The molecule has 0 aliphatic rings. The van der Waals surface area contributed by atoms with Gasteiger partial charge in [-0.1, -0.05) is 17.7 Å². The Hall–Kier alpha value is -0.840. The number of hydrogen-bond donors (Lipinski definition) is 3. The molecule has 5 heteroatoms. The third-order valence-corrected chi connectivity index (χ3v) is 2.05. The van der Waals surface area contributed by atoms with Gasteiger partial charge in [0.1, 0.15) is 0 Å². The minimum Gasteiger partial charge on any atom is -0.505 e. The van der Waals surface area contributed by atoms with Gasteiger partial charge in [-0.2, -0.15) is 0 Å². The summed E-state index contributed by atoms with van der Waals surface area (Å²) in [6.45, 7) is 0.134. The number of phenolic OH excluding ortho intramolecular Hbond substituents is 1. The number of nitrogens with two attached hydrogens (primary N) is 2. The normalized spacial score (nSPS) is 12.9. The molecule has 0 saturated heterocycles. The molecule has 0 spiro atoms. The number of aromatic hydroxyl groups is 1. The van der Waals surface area contributed by atoms with Crippen LogP contribution in [0, 0.1) is 5.82 Å². The highest BCUT2D eigenvalue weighted by atomic mass is 35.5. The van der Waals surface area contributed by atoms with E-state index in [1.165, 1.54) is 12.1 Å². The van der Waals surface area contributed by atoms with Gasteiger partial charge in [0.15, 0.2) is 11.6 Å². The van der Waals surface area contributed by atoms with Crippen LogP contribution in [0.3, 0.4) is 0 Å². The lowest BCUT2D eigenvalue weighted by molar-refractivity contribution is 0.421. The van der Waals surface area contributed by atoms with E-state index < -0.39 is 17.6 Å². The molecule has 0 aromatic heterocycles. The molecule has 0 aliphatic carbocycles. The molecule has 1 aromatic carbocycles. The fourth-order valence-electron chi connectivity index (χ4n) is 0.981. The van der Waals surface area contributed by atoms with Crippen molar-refractivity contribution in [3.05, 3.63) is 28.5 Å². The molecule has 0 bridgehead atoms. The van der Waals surface area contributed by atoms with Crippen molar-refractivity contribution in [1.82, 2.24) is 0 Å². The summed E-state index contributed by atoms with van der Waals surface area (Å²) in [6.07, 6.45) is 0. The second-order valence-electron chi connectivity index (χ2n) is 2.64. The zero-order valence-electron chi connectivity index (χ0n) is 6.80. The highest BCUT2D eigenvalue weighted by molar-refractivity contribution is 6.30. The highest BCUT2D eigenvalue weighted by Gasteiger charge is 2.15. The summed E-state index contributed by atoms with van der Waals surface area (Å²) in [5.74, 6) is -1.38. The van der Waals surface area contributed by atoms with E-state index in [0.29, 0.717) is 0 Å². The predicted molar refractivity (Wildman–Crippen MR) is 49.1 cm³/mol. The molecule has 0 saturated carbocycles. The Balaban J connectivity index is 3.18. The fraction of sp³-hybridized carbons (Fsp3) is 0.250. The van der Waals surface area contributed by atoms with Crippen LogP contribution in [0.1, 0.15) is 11.6 Å². The maximum Gasteiger partial charge on any atom is 0.183 e. The molecule has 1 aromatic rings. The van der Waals surface area contributed by atoms with Gasteiger partial charge < -0.3 is 16.6 Å². The van der Waals surface area contributed by atoms with Gasteiger partial charge in [-0.15, -0.1) is 0 Å². The minimum atomic E-state index is -0.858. The number of rotatable bonds is 2. The number of hydrogen-bond acceptors (Lipinski definition) is 3. The molecular weight excluding hydrogens is 195 g/mol. The second kappa shape index (κ2) is 3.91. The summed E-state index contributed by atoms with van der Waals surface area (Å²) < 4.78 is 13.0. The van der Waals surface area contributed by atoms with E-state index in [4.69, 9.17) is 23.1 Å². The number of halogens is 2. The summed E-state index contributed by atoms with van der Waals surface area (Å²) in [6, 6.07) is 2.21. The van der Waals surface area contributed by atoms with E-state index in [9.17, 15) is 9.50 Å². The van der Waals surface area contributed by atoms with Gasteiger partial charge in [-0.25, -0.2) is 4.39 Å². The van der Waals surface area contributed by atoms with Gasteiger partial charge in [0.05, 0.1) is 5.02 Å². The first kappa shape index (κ1) is 10.2. The van der Waals surface area contributed by atoms with Crippen LogP contribution in [-0.2, 0) is 0 Å². The lowest BCUT2D eigenvalue weighted by Gasteiger charge is -2.11. The van der Waals surface area contributed by atoms with Crippen molar-refractivity contribution in [3.63, 3.8) is 0 Å². The first-order valence-corrected chi connectivity index (χ1v) is 4.08. The van der Waals surface area contributed by atoms with Crippen LogP contribution < -0.4 is 11.5 Å². The van der Waals surface area contributed by atoms with E-state index in [2.05, 4.69) is 0 Å². The minimum absolute atomic E-state index is 0.134. The second-order valence-corrected chi connectivity index (χ2v) is 3.05.